The van der Waals surface area contributed by atoms with E-state index in [9.17, 15) is 0 Å². The van der Waals surface area contributed by atoms with Crippen molar-refractivity contribution in [3.63, 3.8) is 0 Å². The Morgan fingerprint density at radius 3 is 1.66 bits per heavy atom. The van der Waals surface area contributed by atoms with E-state index >= 15 is 0 Å². The zero-order valence-electron chi connectivity index (χ0n) is 20.8. The van der Waals surface area contributed by atoms with Crippen molar-refractivity contribution in [2.75, 3.05) is 5.01 Å². The number of para-hydroxylation sites is 3. The van der Waals surface area contributed by atoms with Crippen LogP contribution in [0.2, 0.25) is 0 Å². The van der Waals surface area contributed by atoms with Gasteiger partial charge in [-0.25, -0.2) is 9.69 Å². The lowest BCUT2D eigenvalue weighted by atomic mass is 9.96. The summed E-state index contributed by atoms with van der Waals surface area (Å²) in [7, 11) is 0. The van der Waals surface area contributed by atoms with Gasteiger partial charge in [-0.2, -0.15) is 0 Å². The van der Waals surface area contributed by atoms with Crippen LogP contribution in [0.5, 0.6) is 0 Å². The van der Waals surface area contributed by atoms with E-state index in [0.29, 0.717) is 0 Å². The van der Waals surface area contributed by atoms with Crippen LogP contribution < -0.4 is 5.01 Å². The van der Waals surface area contributed by atoms with Crippen molar-refractivity contribution in [3.05, 3.63) is 146 Å². The molecule has 0 fully saturated rings. The molecule has 7 aromatic carbocycles. The quantitative estimate of drug-likeness (QED) is 0.227. The number of rotatable bonds is 3. The van der Waals surface area contributed by atoms with Crippen LogP contribution in [0.25, 0.3) is 54.1 Å². The third-order valence-electron chi connectivity index (χ3n) is 7.71. The molecule has 1 aromatic heterocycles. The number of nitrogens with zero attached hydrogens (tertiary/aromatic N) is 2. The molecule has 2 heteroatoms. The minimum absolute atomic E-state index is 1.12. The predicted molar refractivity (Wildman–Crippen MR) is 162 cm³/mol. The first-order valence-corrected chi connectivity index (χ1v) is 13.0. The summed E-state index contributed by atoms with van der Waals surface area (Å²) in [6, 6.07) is 52.5. The molecule has 2 nitrogen and oxygen atoms in total. The molecule has 0 aliphatic carbocycles. The summed E-state index contributed by atoms with van der Waals surface area (Å²) in [5, 5.41) is 12.5. The van der Waals surface area contributed by atoms with Gasteiger partial charge in [-0.15, -0.1) is 0 Å². The molecule has 0 saturated carbocycles. The third kappa shape index (κ3) is 3.07. The van der Waals surface area contributed by atoms with E-state index in [4.69, 9.17) is 0 Å². The molecule has 38 heavy (non-hydrogen) atoms. The van der Waals surface area contributed by atoms with Crippen molar-refractivity contribution in [1.82, 2.24) is 4.68 Å². The molecule has 0 unspecified atom stereocenters. The summed E-state index contributed by atoms with van der Waals surface area (Å²) in [5.41, 5.74) is 4.60. The Bertz CT molecular complexity index is 2080. The monoisotopic (exact) mass is 484 g/mol. The lowest BCUT2D eigenvalue weighted by Gasteiger charge is -2.28. The van der Waals surface area contributed by atoms with E-state index in [-0.39, 0.29) is 0 Å². The van der Waals surface area contributed by atoms with Gasteiger partial charge in [-0.05, 0) is 74.8 Å². The van der Waals surface area contributed by atoms with E-state index in [1.165, 1.54) is 54.1 Å². The second-order valence-electron chi connectivity index (χ2n) is 9.85. The lowest BCUT2D eigenvalue weighted by Crippen LogP contribution is -2.23. The highest BCUT2D eigenvalue weighted by molar-refractivity contribution is 6.21. The second kappa shape index (κ2) is 8.22. The molecule has 0 N–H and O–H groups in total. The SMILES string of the molecule is c1ccc(N(c2ccccc2)n2c3ccccc3c3cc4c(ccc5c6ccccc6ccc45)cc32)cc1. The first kappa shape index (κ1) is 21.0. The average molecular weight is 485 g/mol. The largest absolute Gasteiger partial charge is 0.249 e. The lowest BCUT2D eigenvalue weighted by molar-refractivity contribution is 0.887. The molecule has 8 aromatic rings. The first-order chi connectivity index (χ1) is 18.9. The third-order valence-corrected chi connectivity index (χ3v) is 7.71. The predicted octanol–water partition coefficient (Wildman–Crippen LogP) is 9.86. The van der Waals surface area contributed by atoms with Gasteiger partial charge in [0.1, 0.15) is 0 Å². The molecule has 0 bridgehead atoms. The van der Waals surface area contributed by atoms with Crippen LogP contribution in [0.3, 0.4) is 0 Å². The Morgan fingerprint density at radius 2 is 0.921 bits per heavy atom. The Morgan fingerprint density at radius 1 is 0.342 bits per heavy atom. The fourth-order valence-electron chi connectivity index (χ4n) is 6.00. The van der Waals surface area contributed by atoms with Gasteiger partial charge in [-0.3, -0.25) is 0 Å². The fraction of sp³-hybridized carbons (Fsp3) is 0. The zero-order valence-corrected chi connectivity index (χ0v) is 20.8. The number of anilines is 2. The molecule has 0 atom stereocenters. The summed E-state index contributed by atoms with van der Waals surface area (Å²) < 4.78 is 2.37. The molecule has 0 saturated heterocycles. The Balaban J connectivity index is 1.50. The molecule has 0 aliphatic rings. The minimum atomic E-state index is 1.12. The number of aromatic nitrogens is 1. The zero-order chi connectivity index (χ0) is 25.1. The molecule has 0 aliphatic heterocycles. The maximum atomic E-state index is 2.40. The van der Waals surface area contributed by atoms with Crippen LogP contribution in [0.4, 0.5) is 11.4 Å². The normalized spacial score (nSPS) is 11.7. The van der Waals surface area contributed by atoms with E-state index in [1.807, 2.05) is 0 Å². The van der Waals surface area contributed by atoms with E-state index in [2.05, 4.69) is 155 Å². The van der Waals surface area contributed by atoms with E-state index in [0.717, 1.165) is 11.4 Å². The molecular weight excluding hydrogens is 460 g/mol. The van der Waals surface area contributed by atoms with Crippen molar-refractivity contribution in [1.29, 1.82) is 0 Å². The van der Waals surface area contributed by atoms with Crippen molar-refractivity contribution in [3.8, 4) is 0 Å². The summed E-state index contributed by atoms with van der Waals surface area (Å²) in [6.45, 7) is 0. The van der Waals surface area contributed by atoms with Crippen molar-refractivity contribution >= 4 is 65.5 Å². The molecule has 0 radical (unpaired) electrons. The van der Waals surface area contributed by atoms with Crippen LogP contribution >= 0.6 is 0 Å². The molecule has 8 rings (SSSR count). The van der Waals surface area contributed by atoms with Gasteiger partial charge in [0.2, 0.25) is 0 Å². The fourth-order valence-corrected chi connectivity index (χ4v) is 6.00. The van der Waals surface area contributed by atoms with Crippen LogP contribution in [0, 0.1) is 0 Å². The number of hydrogen-bond acceptors (Lipinski definition) is 1. The van der Waals surface area contributed by atoms with Crippen molar-refractivity contribution in [2.24, 2.45) is 0 Å². The highest BCUT2D eigenvalue weighted by Crippen LogP contribution is 2.39. The van der Waals surface area contributed by atoms with Gasteiger partial charge in [0, 0.05) is 10.8 Å². The smallest absolute Gasteiger partial charge is 0.0722 e. The Hall–Kier alpha value is -5.08. The van der Waals surface area contributed by atoms with Gasteiger partial charge >= 0.3 is 0 Å². The van der Waals surface area contributed by atoms with Crippen LogP contribution in [-0.2, 0) is 0 Å². The molecule has 0 spiro atoms. The van der Waals surface area contributed by atoms with E-state index in [1.54, 1.807) is 0 Å². The number of hydrogen-bond donors (Lipinski definition) is 0. The summed E-state index contributed by atoms with van der Waals surface area (Å²) in [5.74, 6) is 0. The maximum Gasteiger partial charge on any atom is 0.0722 e. The number of fused-ring (bicyclic) bond motifs is 8. The summed E-state index contributed by atoms with van der Waals surface area (Å²) in [4.78, 5) is 0. The Kier molecular flexibility index (Phi) is 4.55. The van der Waals surface area contributed by atoms with Gasteiger partial charge in [0.25, 0.3) is 0 Å². The van der Waals surface area contributed by atoms with Gasteiger partial charge in [0.05, 0.1) is 22.4 Å². The van der Waals surface area contributed by atoms with Crippen molar-refractivity contribution < 1.29 is 0 Å². The van der Waals surface area contributed by atoms with Crippen LogP contribution in [-0.4, -0.2) is 4.68 Å². The Labute approximate surface area is 220 Å². The molecule has 0 amide bonds. The molecule has 178 valence electrons. The average Bonchev–Trinajstić information content (AvgIpc) is 3.30. The van der Waals surface area contributed by atoms with Gasteiger partial charge in [-0.1, -0.05) is 103 Å². The van der Waals surface area contributed by atoms with Gasteiger partial charge < -0.3 is 0 Å². The second-order valence-corrected chi connectivity index (χ2v) is 9.85. The first-order valence-electron chi connectivity index (χ1n) is 13.0. The summed E-state index contributed by atoms with van der Waals surface area (Å²) >= 11 is 0. The highest BCUT2D eigenvalue weighted by atomic mass is 15.6. The number of benzene rings is 7. The summed E-state index contributed by atoms with van der Waals surface area (Å²) in [6.07, 6.45) is 0. The van der Waals surface area contributed by atoms with Crippen molar-refractivity contribution in [2.45, 2.75) is 0 Å². The van der Waals surface area contributed by atoms with Gasteiger partial charge in [0.15, 0.2) is 0 Å². The van der Waals surface area contributed by atoms with Crippen LogP contribution in [0.15, 0.2) is 146 Å². The maximum absolute atomic E-state index is 2.40. The molecule has 1 heterocycles. The van der Waals surface area contributed by atoms with Crippen LogP contribution in [0.1, 0.15) is 0 Å². The topological polar surface area (TPSA) is 8.17 Å². The molecular formula is C36H24N2. The standard InChI is InChI=1S/C36H24N2/c1-3-12-27(13-4-1)37(28-14-5-2-6-15-28)38-35-18-10-9-17-32(35)34-24-33-26(23-36(34)38)20-22-30-29-16-8-7-11-25(29)19-21-31(30)33/h1-24H. The highest BCUT2D eigenvalue weighted by Gasteiger charge is 2.20. The minimum Gasteiger partial charge on any atom is -0.249 e. The van der Waals surface area contributed by atoms with E-state index < -0.39 is 0 Å².